The minimum atomic E-state index is -4.41. The van der Waals surface area contributed by atoms with Gasteiger partial charge in [0.25, 0.3) is 5.91 Å². The van der Waals surface area contributed by atoms with E-state index in [2.05, 4.69) is 5.32 Å². The normalized spacial score (nSPS) is 13.0. The van der Waals surface area contributed by atoms with Crippen molar-refractivity contribution in [3.05, 3.63) is 29.3 Å². The number of benzene rings is 1. The molecule has 1 unspecified atom stereocenters. The Bertz CT molecular complexity index is 677. The fourth-order valence-electron chi connectivity index (χ4n) is 1.44. The number of carbonyl (C=O) groups is 1. The second-order valence-electron chi connectivity index (χ2n) is 4.00. The van der Waals surface area contributed by atoms with Crippen LogP contribution in [0.2, 0.25) is 0 Å². The van der Waals surface area contributed by atoms with Crippen LogP contribution in [-0.4, -0.2) is 36.6 Å². The molecule has 6 nitrogen and oxygen atoms in total. The smallest absolute Gasteiger partial charge is 0.254 e. The Balaban J connectivity index is 2.97. The van der Waals surface area contributed by atoms with Crippen LogP contribution in [0.1, 0.15) is 17.3 Å². The molecule has 1 atom stereocenters. The molecule has 1 rings (SSSR count). The third kappa shape index (κ3) is 4.83. The molecule has 0 spiro atoms. The van der Waals surface area contributed by atoms with Crippen LogP contribution in [-0.2, 0) is 20.8 Å². The van der Waals surface area contributed by atoms with Gasteiger partial charge in [0, 0.05) is 34.9 Å². The van der Waals surface area contributed by atoms with Crippen LogP contribution in [0.25, 0.3) is 0 Å². The maximum Gasteiger partial charge on any atom is 0.254 e. The SMILES string of the molecule is CCS(=O)CCNC(=O)c1cc(S(N)(=O)=O)c(F)cc1F. The molecule has 21 heavy (non-hydrogen) atoms. The fraction of sp³-hybridized carbons (Fsp3) is 0.364. The van der Waals surface area contributed by atoms with Gasteiger partial charge in [-0.3, -0.25) is 9.00 Å². The monoisotopic (exact) mass is 340 g/mol. The Hall–Kier alpha value is -1.39. The van der Waals surface area contributed by atoms with Crippen molar-refractivity contribution in [2.24, 2.45) is 5.14 Å². The Kier molecular flexibility index (Phi) is 5.93. The molecule has 1 aromatic carbocycles. The van der Waals surface area contributed by atoms with Crippen molar-refractivity contribution in [1.29, 1.82) is 0 Å². The summed E-state index contributed by atoms with van der Waals surface area (Å²) in [4.78, 5) is 10.8. The van der Waals surface area contributed by atoms with Crippen LogP contribution in [0.3, 0.4) is 0 Å². The van der Waals surface area contributed by atoms with Crippen molar-refractivity contribution in [2.45, 2.75) is 11.8 Å². The second-order valence-corrected chi connectivity index (χ2v) is 7.39. The molecule has 0 saturated carbocycles. The maximum atomic E-state index is 13.5. The summed E-state index contributed by atoms with van der Waals surface area (Å²) >= 11 is 0. The second kappa shape index (κ2) is 7.05. The molecule has 0 aliphatic rings. The van der Waals surface area contributed by atoms with E-state index in [4.69, 9.17) is 5.14 Å². The maximum absolute atomic E-state index is 13.5. The Morgan fingerprint density at radius 3 is 2.48 bits per heavy atom. The van der Waals surface area contributed by atoms with Crippen LogP contribution in [0.5, 0.6) is 0 Å². The van der Waals surface area contributed by atoms with Crippen molar-refractivity contribution in [2.75, 3.05) is 18.1 Å². The number of amides is 1. The van der Waals surface area contributed by atoms with E-state index in [1.807, 2.05) is 0 Å². The molecule has 0 heterocycles. The number of primary sulfonamides is 1. The Labute approximate surface area is 123 Å². The summed E-state index contributed by atoms with van der Waals surface area (Å²) in [5.74, 6) is -2.94. The summed E-state index contributed by atoms with van der Waals surface area (Å²) in [7, 11) is -5.53. The summed E-state index contributed by atoms with van der Waals surface area (Å²) < 4.78 is 60.3. The summed E-state index contributed by atoms with van der Waals surface area (Å²) in [6.45, 7) is 1.72. The number of hydrogen-bond donors (Lipinski definition) is 2. The highest BCUT2D eigenvalue weighted by atomic mass is 32.2. The van der Waals surface area contributed by atoms with E-state index in [0.717, 1.165) is 0 Å². The summed E-state index contributed by atoms with van der Waals surface area (Å²) in [5.41, 5.74) is -0.650. The number of nitrogens with two attached hydrogens (primary N) is 1. The van der Waals surface area contributed by atoms with Gasteiger partial charge in [0.15, 0.2) is 0 Å². The summed E-state index contributed by atoms with van der Waals surface area (Å²) in [6, 6.07) is 0.810. The number of halogens is 2. The molecule has 3 N–H and O–H groups in total. The predicted molar refractivity (Wildman–Crippen MR) is 73.6 cm³/mol. The first kappa shape index (κ1) is 17.7. The molecule has 0 fully saturated rings. The van der Waals surface area contributed by atoms with E-state index < -0.39 is 48.8 Å². The lowest BCUT2D eigenvalue weighted by Crippen LogP contribution is -2.29. The predicted octanol–water partition coefficient (Wildman–Crippen LogP) is 0.111. The molecule has 118 valence electrons. The van der Waals surface area contributed by atoms with Gasteiger partial charge in [-0.15, -0.1) is 0 Å². The molecule has 0 radical (unpaired) electrons. The van der Waals surface area contributed by atoms with E-state index >= 15 is 0 Å². The third-order valence-corrected chi connectivity index (χ3v) is 4.74. The largest absolute Gasteiger partial charge is 0.351 e. The van der Waals surface area contributed by atoms with Crippen LogP contribution < -0.4 is 10.5 Å². The Morgan fingerprint density at radius 1 is 1.33 bits per heavy atom. The Morgan fingerprint density at radius 2 is 1.95 bits per heavy atom. The van der Waals surface area contributed by atoms with E-state index in [9.17, 15) is 26.2 Å². The van der Waals surface area contributed by atoms with Crippen molar-refractivity contribution in [3.63, 3.8) is 0 Å². The molecule has 0 aromatic heterocycles. The lowest BCUT2D eigenvalue weighted by molar-refractivity contribution is 0.0951. The van der Waals surface area contributed by atoms with Crippen LogP contribution >= 0.6 is 0 Å². The number of carbonyl (C=O) groups excluding carboxylic acids is 1. The van der Waals surface area contributed by atoms with Gasteiger partial charge in [0.2, 0.25) is 10.0 Å². The average molecular weight is 340 g/mol. The van der Waals surface area contributed by atoms with Crippen molar-refractivity contribution in [1.82, 2.24) is 5.32 Å². The first-order valence-electron chi connectivity index (χ1n) is 5.81. The van der Waals surface area contributed by atoms with Gasteiger partial charge in [0.1, 0.15) is 16.5 Å². The highest BCUT2D eigenvalue weighted by Crippen LogP contribution is 2.18. The van der Waals surface area contributed by atoms with Gasteiger partial charge >= 0.3 is 0 Å². The first-order valence-corrected chi connectivity index (χ1v) is 8.85. The molecule has 0 saturated heterocycles. The van der Waals surface area contributed by atoms with Gasteiger partial charge in [-0.1, -0.05) is 6.92 Å². The molecule has 1 aromatic rings. The van der Waals surface area contributed by atoms with E-state index in [1.54, 1.807) is 6.92 Å². The van der Waals surface area contributed by atoms with Gasteiger partial charge in [-0.25, -0.2) is 22.3 Å². The molecule has 10 heteroatoms. The van der Waals surface area contributed by atoms with Crippen molar-refractivity contribution >= 4 is 26.7 Å². The minimum absolute atomic E-state index is 0.0147. The molecule has 1 amide bonds. The summed E-state index contributed by atoms with van der Waals surface area (Å²) in [5, 5.41) is 7.05. The van der Waals surface area contributed by atoms with E-state index in [0.29, 0.717) is 11.8 Å². The van der Waals surface area contributed by atoms with Gasteiger partial charge in [0.05, 0.1) is 5.56 Å². The zero-order chi connectivity index (χ0) is 16.2. The molecular formula is C11H14F2N2O4S2. The van der Waals surface area contributed by atoms with Gasteiger partial charge < -0.3 is 5.32 Å². The fourth-order valence-corrected chi connectivity index (χ4v) is 2.67. The highest BCUT2D eigenvalue weighted by Gasteiger charge is 2.21. The van der Waals surface area contributed by atoms with Crippen LogP contribution in [0, 0.1) is 11.6 Å². The number of rotatable bonds is 6. The molecule has 0 aliphatic heterocycles. The number of nitrogens with one attached hydrogen (secondary N) is 1. The average Bonchev–Trinajstić information content (AvgIpc) is 2.36. The first-order chi connectivity index (χ1) is 9.66. The van der Waals surface area contributed by atoms with Crippen molar-refractivity contribution < 1.29 is 26.2 Å². The number of sulfonamides is 1. The van der Waals surface area contributed by atoms with Crippen LogP contribution in [0.4, 0.5) is 8.78 Å². The lowest BCUT2D eigenvalue weighted by Gasteiger charge is -2.08. The highest BCUT2D eigenvalue weighted by molar-refractivity contribution is 7.89. The van der Waals surface area contributed by atoms with Crippen LogP contribution in [0.15, 0.2) is 17.0 Å². The zero-order valence-corrected chi connectivity index (χ0v) is 12.7. The van der Waals surface area contributed by atoms with Crippen molar-refractivity contribution in [3.8, 4) is 0 Å². The summed E-state index contributed by atoms with van der Waals surface area (Å²) in [6.07, 6.45) is 0. The van der Waals surface area contributed by atoms with E-state index in [1.165, 1.54) is 0 Å². The molecule has 0 bridgehead atoms. The minimum Gasteiger partial charge on any atom is -0.351 e. The van der Waals surface area contributed by atoms with Gasteiger partial charge in [-0.05, 0) is 6.07 Å². The third-order valence-electron chi connectivity index (χ3n) is 2.51. The van der Waals surface area contributed by atoms with E-state index in [-0.39, 0.29) is 18.4 Å². The lowest BCUT2D eigenvalue weighted by atomic mass is 10.2. The number of hydrogen-bond acceptors (Lipinski definition) is 4. The molecule has 0 aliphatic carbocycles. The van der Waals surface area contributed by atoms with Gasteiger partial charge in [-0.2, -0.15) is 0 Å². The zero-order valence-electron chi connectivity index (χ0n) is 11.1. The quantitative estimate of drug-likeness (QED) is 0.766. The molecular weight excluding hydrogens is 326 g/mol. The topological polar surface area (TPSA) is 106 Å². The standard InChI is InChI=1S/C11H14F2N2O4S2/c1-2-20(17)4-3-15-11(16)7-5-10(21(14,18)19)9(13)6-8(7)12/h5-6H,2-4H2,1H3,(H,15,16)(H2,14,18,19).